The standard InChI is InChI=1S/C41H52N3O9PS/c1-27(2)44(28(3)4)54(51-22-23-55-30(6)45)53-36-24-38(43-25-29(5)39(46)42-40(43)47)52-37(36)26-50-41(31-12-10-9-11-13-31,32-14-18-34(48-7)19-15-32)33-16-20-35(49-8)21-17-33/h9-21,25,27-28,36-38H,22-24,26H2,1-8H3,(H,42,46,47)/t36-,37+,38+,54?/m0/s1. The molecule has 0 bridgehead atoms. The van der Waals surface area contributed by atoms with Crippen LogP contribution in [0, 0.1) is 6.92 Å². The number of rotatable bonds is 18. The molecule has 5 rings (SSSR count). The lowest BCUT2D eigenvalue weighted by Gasteiger charge is -2.39. The normalized spacial score (nSPS) is 17.9. The number of H-pyrrole nitrogens is 1. The summed E-state index contributed by atoms with van der Waals surface area (Å²) in [5.74, 6) is 1.88. The van der Waals surface area contributed by atoms with E-state index in [1.807, 2.05) is 78.9 Å². The van der Waals surface area contributed by atoms with Crippen LogP contribution in [0.1, 0.15) is 69.5 Å². The highest BCUT2D eigenvalue weighted by Crippen LogP contribution is 2.50. The smallest absolute Gasteiger partial charge is 0.330 e. The molecule has 14 heteroatoms. The summed E-state index contributed by atoms with van der Waals surface area (Å²) < 4.78 is 42.0. The molecule has 1 fully saturated rings. The Hall–Kier alpha value is -3.81. The van der Waals surface area contributed by atoms with Crippen LogP contribution in [0.25, 0.3) is 0 Å². The minimum Gasteiger partial charge on any atom is -0.497 e. The number of thioether (sulfide) groups is 1. The van der Waals surface area contributed by atoms with E-state index >= 15 is 0 Å². The topological polar surface area (TPSA) is 131 Å². The molecule has 0 aliphatic carbocycles. The molecule has 1 aromatic heterocycles. The third-order valence-electron chi connectivity index (χ3n) is 9.34. The average molecular weight is 794 g/mol. The Labute approximate surface area is 328 Å². The Morgan fingerprint density at radius 3 is 2.02 bits per heavy atom. The number of aromatic amines is 1. The van der Waals surface area contributed by atoms with Crippen molar-refractivity contribution in [3.63, 3.8) is 0 Å². The lowest BCUT2D eigenvalue weighted by Crippen LogP contribution is -2.39. The molecule has 0 spiro atoms. The van der Waals surface area contributed by atoms with Gasteiger partial charge < -0.3 is 28.0 Å². The van der Waals surface area contributed by atoms with Gasteiger partial charge in [-0.25, -0.2) is 9.46 Å². The van der Waals surface area contributed by atoms with Crippen molar-refractivity contribution in [1.82, 2.24) is 14.2 Å². The van der Waals surface area contributed by atoms with Gasteiger partial charge >= 0.3 is 5.69 Å². The molecule has 1 aliphatic heterocycles. The summed E-state index contributed by atoms with van der Waals surface area (Å²) in [6, 6.07) is 25.7. The van der Waals surface area contributed by atoms with Gasteiger partial charge in [-0.2, -0.15) is 0 Å². The number of aromatic nitrogens is 2. The van der Waals surface area contributed by atoms with Crippen molar-refractivity contribution in [2.24, 2.45) is 0 Å². The number of nitrogens with zero attached hydrogens (tertiary/aromatic N) is 2. The maximum Gasteiger partial charge on any atom is 0.330 e. The van der Waals surface area contributed by atoms with Crippen LogP contribution in [0.2, 0.25) is 0 Å². The van der Waals surface area contributed by atoms with Crippen molar-refractivity contribution in [3.05, 3.63) is 128 Å². The highest BCUT2D eigenvalue weighted by Gasteiger charge is 2.45. The van der Waals surface area contributed by atoms with E-state index in [1.165, 1.54) is 29.4 Å². The molecular formula is C41H52N3O9PS. The van der Waals surface area contributed by atoms with E-state index in [9.17, 15) is 14.4 Å². The molecule has 1 N–H and O–H groups in total. The molecule has 4 atom stereocenters. The summed E-state index contributed by atoms with van der Waals surface area (Å²) in [6.07, 6.45) is -0.272. The number of carbonyl (C=O) groups is 1. The van der Waals surface area contributed by atoms with E-state index in [0.29, 0.717) is 29.4 Å². The number of methoxy groups -OCH3 is 2. The third-order valence-corrected chi connectivity index (χ3v) is 12.3. The van der Waals surface area contributed by atoms with Crippen LogP contribution in [0.15, 0.2) is 94.6 Å². The van der Waals surface area contributed by atoms with Crippen LogP contribution < -0.4 is 20.7 Å². The second kappa shape index (κ2) is 19.4. The second-order valence-corrected chi connectivity index (χ2v) is 16.5. The lowest BCUT2D eigenvalue weighted by molar-refractivity contribution is -0.109. The fourth-order valence-electron chi connectivity index (χ4n) is 6.76. The molecule has 0 radical (unpaired) electrons. The largest absolute Gasteiger partial charge is 0.497 e. The summed E-state index contributed by atoms with van der Waals surface area (Å²) in [6.45, 7) is 11.9. The number of hydrogen-bond donors (Lipinski definition) is 1. The van der Waals surface area contributed by atoms with Gasteiger partial charge in [0.25, 0.3) is 14.1 Å². The lowest BCUT2D eigenvalue weighted by atomic mass is 9.80. The Bertz CT molecular complexity index is 1900. The molecule has 0 saturated carbocycles. The van der Waals surface area contributed by atoms with Gasteiger partial charge in [0.1, 0.15) is 29.4 Å². The molecule has 12 nitrogen and oxygen atoms in total. The highest BCUT2D eigenvalue weighted by molar-refractivity contribution is 8.13. The van der Waals surface area contributed by atoms with E-state index in [0.717, 1.165) is 16.7 Å². The van der Waals surface area contributed by atoms with Crippen LogP contribution in [-0.4, -0.2) is 76.8 Å². The van der Waals surface area contributed by atoms with Gasteiger partial charge in [-0.3, -0.25) is 19.1 Å². The number of aryl methyl sites for hydroxylation is 1. The van der Waals surface area contributed by atoms with Crippen LogP contribution in [0.4, 0.5) is 0 Å². The molecule has 2 heterocycles. The second-order valence-electron chi connectivity index (χ2n) is 13.8. The van der Waals surface area contributed by atoms with Crippen molar-refractivity contribution in [2.45, 2.75) is 84.1 Å². The molecule has 296 valence electrons. The van der Waals surface area contributed by atoms with E-state index in [2.05, 4.69) is 37.3 Å². The predicted octanol–water partition coefficient (Wildman–Crippen LogP) is 7.19. The molecule has 0 amide bonds. The first-order valence-corrected chi connectivity index (χ1v) is 20.5. The van der Waals surface area contributed by atoms with Gasteiger partial charge in [-0.15, -0.1) is 0 Å². The summed E-state index contributed by atoms with van der Waals surface area (Å²) in [5.41, 5.74) is 0.785. The first kappa shape index (κ1) is 42.3. The zero-order valence-electron chi connectivity index (χ0n) is 32.7. The van der Waals surface area contributed by atoms with Crippen LogP contribution in [-0.2, 0) is 28.9 Å². The van der Waals surface area contributed by atoms with Gasteiger partial charge in [-0.1, -0.05) is 66.4 Å². The quantitative estimate of drug-likeness (QED) is 0.0625. The van der Waals surface area contributed by atoms with Crippen LogP contribution in [0.5, 0.6) is 11.5 Å². The maximum atomic E-state index is 13.2. The summed E-state index contributed by atoms with van der Waals surface area (Å²) in [4.78, 5) is 39.6. The summed E-state index contributed by atoms with van der Waals surface area (Å²) in [7, 11) is 1.60. The van der Waals surface area contributed by atoms with E-state index in [4.69, 9.17) is 28.0 Å². The fraction of sp³-hybridized carbons (Fsp3) is 0.439. The molecular weight excluding hydrogens is 742 g/mol. The number of carbonyl (C=O) groups excluding carboxylic acids is 1. The van der Waals surface area contributed by atoms with Gasteiger partial charge in [0.15, 0.2) is 5.12 Å². The summed E-state index contributed by atoms with van der Waals surface area (Å²) in [5, 5.41) is 0.0138. The Morgan fingerprint density at radius 1 is 0.927 bits per heavy atom. The maximum absolute atomic E-state index is 13.2. The first-order chi connectivity index (χ1) is 26.4. The fourth-order valence-corrected chi connectivity index (χ4v) is 9.09. The van der Waals surface area contributed by atoms with E-state index < -0.39 is 43.8 Å². The minimum absolute atomic E-state index is 0.0138. The monoisotopic (exact) mass is 793 g/mol. The molecule has 1 unspecified atom stereocenters. The first-order valence-electron chi connectivity index (χ1n) is 18.3. The zero-order valence-corrected chi connectivity index (χ0v) is 34.4. The predicted molar refractivity (Wildman–Crippen MR) is 216 cm³/mol. The van der Waals surface area contributed by atoms with Crippen LogP contribution >= 0.6 is 20.3 Å². The van der Waals surface area contributed by atoms with Gasteiger partial charge in [-0.05, 0) is 75.6 Å². The van der Waals surface area contributed by atoms with Gasteiger partial charge in [0.05, 0.1) is 33.5 Å². The molecule has 4 aromatic rings. The van der Waals surface area contributed by atoms with Gasteiger partial charge in [0.2, 0.25) is 0 Å². The van der Waals surface area contributed by atoms with Crippen molar-refractivity contribution in [3.8, 4) is 11.5 Å². The summed E-state index contributed by atoms with van der Waals surface area (Å²) >= 11 is 1.20. The Balaban J connectivity index is 1.59. The highest BCUT2D eigenvalue weighted by atomic mass is 32.2. The van der Waals surface area contributed by atoms with Crippen molar-refractivity contribution >= 4 is 25.4 Å². The zero-order chi connectivity index (χ0) is 39.7. The number of benzene rings is 3. The van der Waals surface area contributed by atoms with Crippen LogP contribution in [0.3, 0.4) is 0 Å². The number of nitrogens with one attached hydrogen (secondary N) is 1. The number of ether oxygens (including phenoxy) is 4. The average Bonchev–Trinajstić information content (AvgIpc) is 3.57. The Kier molecular flexibility index (Phi) is 14.9. The van der Waals surface area contributed by atoms with Crippen molar-refractivity contribution in [2.75, 3.05) is 33.2 Å². The molecule has 55 heavy (non-hydrogen) atoms. The van der Waals surface area contributed by atoms with Crippen molar-refractivity contribution < 1.29 is 32.8 Å². The minimum atomic E-state index is -1.66. The van der Waals surface area contributed by atoms with Crippen molar-refractivity contribution in [1.29, 1.82) is 0 Å². The number of hydrogen-bond acceptors (Lipinski definition) is 11. The SMILES string of the molecule is COc1ccc(C(OC[C@H]2O[C@@H](n3cc(C)c(=O)[nH]c3=O)C[C@@H]2OP(OCCSC(C)=O)N(C(C)C)C(C)C)(c2ccccc2)c2ccc(OC)cc2)cc1. The molecule has 1 aliphatic rings. The molecule has 1 saturated heterocycles. The third kappa shape index (κ3) is 10.1. The van der Waals surface area contributed by atoms with Gasteiger partial charge in [0, 0.05) is 42.9 Å². The van der Waals surface area contributed by atoms with E-state index in [-0.39, 0.29) is 30.2 Å². The molecule has 3 aromatic carbocycles. The van der Waals surface area contributed by atoms with E-state index in [1.54, 1.807) is 21.1 Å². The Morgan fingerprint density at radius 2 is 1.49 bits per heavy atom.